The van der Waals surface area contributed by atoms with Crippen LogP contribution in [0.2, 0.25) is 0 Å². The number of thioether (sulfide) groups is 1. The highest BCUT2D eigenvalue weighted by Crippen LogP contribution is 2.32. The minimum Gasteiger partial charge on any atom is -0.300 e. The van der Waals surface area contributed by atoms with Crippen molar-refractivity contribution in [3.63, 3.8) is 0 Å². The van der Waals surface area contributed by atoms with Gasteiger partial charge in [-0.15, -0.1) is 0 Å². The smallest absolute Gasteiger partial charge is 0.234 e. The van der Waals surface area contributed by atoms with Gasteiger partial charge in [-0.1, -0.05) is 13.3 Å². The maximum absolute atomic E-state index is 13.1. The SMILES string of the molecule is CCCC(C)(CSC)C(=O)N(C)c1cc(-c2cccnc2)nn1C. The molecule has 0 bridgehead atoms. The zero-order valence-electron chi connectivity index (χ0n) is 15.1. The Morgan fingerprint density at radius 1 is 1.46 bits per heavy atom. The number of nitrogens with zero attached hydrogens (tertiary/aromatic N) is 4. The maximum Gasteiger partial charge on any atom is 0.234 e. The Balaban J connectivity index is 2.30. The molecule has 2 heterocycles. The van der Waals surface area contributed by atoms with Crippen LogP contribution < -0.4 is 4.90 Å². The molecule has 0 aliphatic heterocycles. The van der Waals surface area contributed by atoms with Gasteiger partial charge in [0.2, 0.25) is 5.91 Å². The van der Waals surface area contributed by atoms with Gasteiger partial charge in [0.15, 0.2) is 0 Å². The molecule has 2 rings (SSSR count). The summed E-state index contributed by atoms with van der Waals surface area (Å²) in [7, 11) is 3.70. The quantitative estimate of drug-likeness (QED) is 0.768. The van der Waals surface area contributed by atoms with Gasteiger partial charge in [0.25, 0.3) is 0 Å². The summed E-state index contributed by atoms with van der Waals surface area (Å²) in [5.74, 6) is 1.75. The average Bonchev–Trinajstić information content (AvgIpc) is 2.96. The first-order chi connectivity index (χ1) is 11.4. The van der Waals surface area contributed by atoms with Gasteiger partial charge >= 0.3 is 0 Å². The number of hydrogen-bond acceptors (Lipinski definition) is 4. The first-order valence-corrected chi connectivity index (χ1v) is 9.54. The molecule has 0 spiro atoms. The van der Waals surface area contributed by atoms with Crippen molar-refractivity contribution in [1.29, 1.82) is 0 Å². The molecule has 0 saturated carbocycles. The van der Waals surface area contributed by atoms with Gasteiger partial charge in [-0.3, -0.25) is 19.4 Å². The first-order valence-electron chi connectivity index (χ1n) is 8.14. The van der Waals surface area contributed by atoms with Crippen molar-refractivity contribution in [3.8, 4) is 11.3 Å². The molecule has 0 aliphatic rings. The van der Waals surface area contributed by atoms with Crippen LogP contribution in [0, 0.1) is 5.41 Å². The van der Waals surface area contributed by atoms with Crippen LogP contribution in [-0.2, 0) is 11.8 Å². The molecule has 6 heteroatoms. The molecule has 1 unspecified atom stereocenters. The highest BCUT2D eigenvalue weighted by atomic mass is 32.2. The maximum atomic E-state index is 13.1. The summed E-state index contributed by atoms with van der Waals surface area (Å²) in [4.78, 5) is 19.0. The van der Waals surface area contributed by atoms with Crippen molar-refractivity contribution in [1.82, 2.24) is 14.8 Å². The lowest BCUT2D eigenvalue weighted by Crippen LogP contribution is -2.42. The van der Waals surface area contributed by atoms with Crippen LogP contribution in [0.1, 0.15) is 26.7 Å². The fourth-order valence-corrected chi connectivity index (χ4v) is 3.95. The molecule has 0 aliphatic carbocycles. The van der Waals surface area contributed by atoms with Gasteiger partial charge in [-0.25, -0.2) is 0 Å². The van der Waals surface area contributed by atoms with Gasteiger partial charge < -0.3 is 0 Å². The molecule has 0 aromatic carbocycles. The van der Waals surface area contributed by atoms with Gasteiger partial charge in [-0.2, -0.15) is 16.9 Å². The first kappa shape index (κ1) is 18.5. The highest BCUT2D eigenvalue weighted by molar-refractivity contribution is 7.98. The largest absolute Gasteiger partial charge is 0.300 e. The summed E-state index contributed by atoms with van der Waals surface area (Å²) in [5.41, 5.74) is 1.41. The lowest BCUT2D eigenvalue weighted by atomic mass is 9.86. The molecule has 24 heavy (non-hydrogen) atoms. The van der Waals surface area contributed by atoms with Crippen LogP contribution in [0.25, 0.3) is 11.3 Å². The normalized spacial score (nSPS) is 13.5. The predicted molar refractivity (Wildman–Crippen MR) is 101 cm³/mol. The molecule has 0 fully saturated rings. The minimum atomic E-state index is -0.359. The van der Waals surface area contributed by atoms with E-state index in [1.165, 1.54) is 0 Å². The number of aromatic nitrogens is 3. The summed E-state index contributed by atoms with van der Waals surface area (Å²) in [6.07, 6.45) is 7.43. The van der Waals surface area contributed by atoms with E-state index in [4.69, 9.17) is 0 Å². The number of aryl methyl sites for hydroxylation is 1. The van der Waals surface area contributed by atoms with Gasteiger partial charge in [0, 0.05) is 43.9 Å². The molecule has 5 nitrogen and oxygen atoms in total. The van der Waals surface area contributed by atoms with E-state index < -0.39 is 0 Å². The van der Waals surface area contributed by atoms with Gasteiger partial charge in [0.05, 0.1) is 11.1 Å². The van der Waals surface area contributed by atoms with Gasteiger partial charge in [-0.05, 0) is 31.7 Å². The van der Waals surface area contributed by atoms with Crippen LogP contribution in [0.5, 0.6) is 0 Å². The predicted octanol–water partition coefficient (Wildman–Crippen LogP) is 3.61. The third kappa shape index (κ3) is 3.80. The van der Waals surface area contributed by atoms with E-state index in [0.29, 0.717) is 0 Å². The molecule has 1 atom stereocenters. The second-order valence-corrected chi connectivity index (χ2v) is 7.23. The second-order valence-electron chi connectivity index (χ2n) is 6.36. The summed E-state index contributed by atoms with van der Waals surface area (Å²) < 4.78 is 1.76. The van der Waals surface area contributed by atoms with Crippen molar-refractivity contribution in [2.75, 3.05) is 24.0 Å². The van der Waals surface area contributed by atoms with Crippen LogP contribution >= 0.6 is 11.8 Å². The lowest BCUT2D eigenvalue weighted by Gasteiger charge is -2.31. The average molecular weight is 346 g/mol. The van der Waals surface area contributed by atoms with E-state index >= 15 is 0 Å². The zero-order chi connectivity index (χ0) is 17.7. The second kappa shape index (κ2) is 7.83. The molecule has 0 N–H and O–H groups in total. The van der Waals surface area contributed by atoms with Gasteiger partial charge in [0.1, 0.15) is 5.82 Å². The number of carbonyl (C=O) groups is 1. The molecule has 2 aromatic heterocycles. The summed E-state index contributed by atoms with van der Waals surface area (Å²) in [6, 6.07) is 5.80. The van der Waals surface area contributed by atoms with Crippen molar-refractivity contribution in [2.45, 2.75) is 26.7 Å². The minimum absolute atomic E-state index is 0.138. The third-order valence-corrected chi connectivity index (χ3v) is 5.17. The van der Waals surface area contributed by atoms with E-state index in [2.05, 4.69) is 23.9 Å². The molecule has 2 aromatic rings. The Bertz CT molecular complexity index is 678. The summed E-state index contributed by atoms with van der Waals surface area (Å²) in [5, 5.41) is 4.54. The highest BCUT2D eigenvalue weighted by Gasteiger charge is 2.35. The van der Waals surface area contributed by atoms with Crippen LogP contribution in [0.4, 0.5) is 5.82 Å². The number of hydrogen-bond donors (Lipinski definition) is 0. The molecule has 130 valence electrons. The molecular formula is C18H26N4OS. The fourth-order valence-electron chi connectivity index (χ4n) is 3.05. The van der Waals surface area contributed by atoms with E-state index in [1.807, 2.05) is 38.6 Å². The van der Waals surface area contributed by atoms with Crippen molar-refractivity contribution in [2.24, 2.45) is 12.5 Å². The fraction of sp³-hybridized carbons (Fsp3) is 0.500. The molecule has 0 saturated heterocycles. The lowest BCUT2D eigenvalue weighted by molar-refractivity contribution is -0.126. The number of amides is 1. The number of carbonyl (C=O) groups excluding carboxylic acids is 1. The molecule has 1 amide bonds. The Hall–Kier alpha value is -1.82. The molecular weight excluding hydrogens is 320 g/mol. The van der Waals surface area contributed by atoms with Crippen molar-refractivity contribution >= 4 is 23.5 Å². The van der Waals surface area contributed by atoms with Crippen LogP contribution in [0.3, 0.4) is 0 Å². The standard InChI is InChI=1S/C18H26N4OS/c1-6-9-18(2,13-24-5)17(23)21(3)16-11-15(20-22(16)4)14-8-7-10-19-12-14/h7-8,10-12H,6,9,13H2,1-5H3. The van der Waals surface area contributed by atoms with E-state index in [1.54, 1.807) is 33.7 Å². The number of pyridine rings is 1. The van der Waals surface area contributed by atoms with Crippen molar-refractivity contribution in [3.05, 3.63) is 30.6 Å². The third-order valence-electron chi connectivity index (χ3n) is 4.24. The zero-order valence-corrected chi connectivity index (χ0v) is 15.9. The monoisotopic (exact) mass is 346 g/mol. The van der Waals surface area contributed by atoms with E-state index in [9.17, 15) is 4.79 Å². The van der Waals surface area contributed by atoms with Crippen LogP contribution in [-0.4, -0.2) is 39.7 Å². The summed E-state index contributed by atoms with van der Waals surface area (Å²) in [6.45, 7) is 4.18. The Morgan fingerprint density at radius 3 is 2.79 bits per heavy atom. The number of anilines is 1. The summed E-state index contributed by atoms with van der Waals surface area (Å²) >= 11 is 1.72. The Labute approximate surface area is 148 Å². The Morgan fingerprint density at radius 2 is 2.21 bits per heavy atom. The number of rotatable bonds is 7. The topological polar surface area (TPSA) is 51.0 Å². The molecule has 0 radical (unpaired) electrons. The van der Waals surface area contributed by atoms with E-state index in [0.717, 1.165) is 35.7 Å². The van der Waals surface area contributed by atoms with Crippen molar-refractivity contribution < 1.29 is 4.79 Å². The van der Waals surface area contributed by atoms with Crippen LogP contribution in [0.15, 0.2) is 30.6 Å². The van der Waals surface area contributed by atoms with E-state index in [-0.39, 0.29) is 11.3 Å². The Kier molecular flexibility index (Phi) is 6.04.